The zero-order valence-electron chi connectivity index (χ0n) is 18.2. The molecule has 0 fully saturated rings. The zero-order chi connectivity index (χ0) is 21.8. The maximum Gasteiger partial charge on any atom is 0.0713 e. The molecule has 0 saturated carbocycles. The molecule has 6 aromatic rings. The second-order valence-electron chi connectivity index (χ2n) is 8.90. The summed E-state index contributed by atoms with van der Waals surface area (Å²) in [6, 6.07) is 49.0. The molecule has 0 radical (unpaired) electrons. The minimum Gasteiger partial charge on any atom is -0.0622 e. The summed E-state index contributed by atoms with van der Waals surface area (Å²) in [4.78, 5) is 0. The smallest absolute Gasteiger partial charge is 0.0622 e. The summed E-state index contributed by atoms with van der Waals surface area (Å²) in [5.74, 6) is 0. The van der Waals surface area contributed by atoms with Crippen molar-refractivity contribution in [1.29, 1.82) is 0 Å². The Morgan fingerprint density at radius 1 is 0.424 bits per heavy atom. The average Bonchev–Trinajstić information content (AvgIpc) is 2.90. The third-order valence-corrected chi connectivity index (χ3v) is 7.31. The molecular weight excluding hydrogens is 396 g/mol. The maximum absolute atomic E-state index is 2.35. The van der Waals surface area contributed by atoms with Gasteiger partial charge in [-0.2, -0.15) is 0 Å². The largest absolute Gasteiger partial charge is 0.0713 e. The van der Waals surface area contributed by atoms with E-state index in [2.05, 4.69) is 133 Å². The fraction of sp³-hybridized carbons (Fsp3) is 0.0303. The van der Waals surface area contributed by atoms with E-state index in [4.69, 9.17) is 0 Å². The van der Waals surface area contributed by atoms with Crippen LogP contribution in [0.25, 0.3) is 32.7 Å². The van der Waals surface area contributed by atoms with Gasteiger partial charge in [-0.05, 0) is 61.0 Å². The van der Waals surface area contributed by atoms with E-state index < -0.39 is 0 Å². The van der Waals surface area contributed by atoms with Crippen LogP contribution >= 0.6 is 0 Å². The standard InChI is InChI=1S/C33H22/c1-3-14-25(15-4-1)33(26-16-5-2-6-17-26)29-20-10-9-19-28(29)32-27-18-8-7-12-23(27)22-24-13-11-21-30(33)31(24)32/h1-22H. The molecule has 0 N–H and O–H groups in total. The van der Waals surface area contributed by atoms with Gasteiger partial charge >= 0.3 is 0 Å². The van der Waals surface area contributed by atoms with Gasteiger partial charge in [-0.1, -0.05) is 127 Å². The van der Waals surface area contributed by atoms with Gasteiger partial charge in [0.25, 0.3) is 0 Å². The second-order valence-corrected chi connectivity index (χ2v) is 8.90. The Balaban J connectivity index is 1.79. The molecule has 0 bridgehead atoms. The third kappa shape index (κ3) is 2.41. The van der Waals surface area contributed by atoms with Gasteiger partial charge < -0.3 is 0 Å². The van der Waals surface area contributed by atoms with Gasteiger partial charge in [-0.25, -0.2) is 0 Å². The molecule has 0 aromatic heterocycles. The van der Waals surface area contributed by atoms with Crippen molar-refractivity contribution in [1.82, 2.24) is 0 Å². The van der Waals surface area contributed by atoms with Gasteiger partial charge in [0.1, 0.15) is 0 Å². The Morgan fingerprint density at radius 2 is 1.00 bits per heavy atom. The van der Waals surface area contributed by atoms with Crippen LogP contribution in [0.3, 0.4) is 0 Å². The molecule has 0 nitrogen and oxygen atoms in total. The Kier molecular flexibility index (Phi) is 3.86. The molecule has 6 aromatic carbocycles. The van der Waals surface area contributed by atoms with E-state index in [0.717, 1.165) is 0 Å². The highest BCUT2D eigenvalue weighted by Crippen LogP contribution is 2.56. The SMILES string of the molecule is c1ccc(C2(c3ccccc3)c3ccccc3-c3c4ccccc4cc4cccc2c34)cc1. The first kappa shape index (κ1) is 18.4. The predicted molar refractivity (Wildman–Crippen MR) is 139 cm³/mol. The minimum atomic E-state index is -0.381. The van der Waals surface area contributed by atoms with E-state index in [9.17, 15) is 0 Å². The maximum atomic E-state index is 2.35. The Morgan fingerprint density at radius 3 is 1.76 bits per heavy atom. The molecule has 0 amide bonds. The molecule has 0 saturated heterocycles. The molecule has 33 heavy (non-hydrogen) atoms. The van der Waals surface area contributed by atoms with Crippen molar-refractivity contribution in [2.45, 2.75) is 5.41 Å². The molecule has 1 aliphatic rings. The summed E-state index contributed by atoms with van der Waals surface area (Å²) in [5, 5.41) is 5.27. The van der Waals surface area contributed by atoms with Crippen molar-refractivity contribution in [3.8, 4) is 11.1 Å². The van der Waals surface area contributed by atoms with Crippen molar-refractivity contribution in [3.05, 3.63) is 156 Å². The van der Waals surface area contributed by atoms with Crippen LogP contribution in [0.4, 0.5) is 0 Å². The molecule has 0 heteroatoms. The topological polar surface area (TPSA) is 0 Å². The lowest BCUT2D eigenvalue weighted by atomic mass is 9.59. The molecular formula is C33H22. The van der Waals surface area contributed by atoms with Crippen LogP contribution in [0.2, 0.25) is 0 Å². The van der Waals surface area contributed by atoms with E-state index in [1.54, 1.807) is 0 Å². The van der Waals surface area contributed by atoms with Crippen molar-refractivity contribution in [3.63, 3.8) is 0 Å². The number of benzene rings is 6. The van der Waals surface area contributed by atoms with Gasteiger partial charge in [0.2, 0.25) is 0 Å². The summed E-state index contributed by atoms with van der Waals surface area (Å²) in [5.41, 5.74) is 7.61. The van der Waals surface area contributed by atoms with E-state index >= 15 is 0 Å². The van der Waals surface area contributed by atoms with Gasteiger partial charge in [-0.15, -0.1) is 0 Å². The highest BCUT2D eigenvalue weighted by Gasteiger charge is 2.44. The lowest BCUT2D eigenvalue weighted by molar-refractivity contribution is 0.750. The van der Waals surface area contributed by atoms with Crippen LogP contribution in [-0.2, 0) is 5.41 Å². The van der Waals surface area contributed by atoms with Crippen LogP contribution in [0, 0.1) is 0 Å². The monoisotopic (exact) mass is 418 g/mol. The third-order valence-electron chi connectivity index (χ3n) is 7.31. The minimum absolute atomic E-state index is 0.381. The Hall–Kier alpha value is -4.16. The number of hydrogen-bond donors (Lipinski definition) is 0. The van der Waals surface area contributed by atoms with Crippen molar-refractivity contribution >= 4 is 21.5 Å². The highest BCUT2D eigenvalue weighted by atomic mass is 14.4. The first-order valence-corrected chi connectivity index (χ1v) is 11.5. The summed E-state index contributed by atoms with van der Waals surface area (Å²) in [7, 11) is 0. The summed E-state index contributed by atoms with van der Waals surface area (Å²) in [6.07, 6.45) is 0. The normalized spacial score (nSPS) is 13.7. The summed E-state index contributed by atoms with van der Waals surface area (Å²) in [6.45, 7) is 0. The van der Waals surface area contributed by atoms with Gasteiger partial charge in [0.05, 0.1) is 5.41 Å². The van der Waals surface area contributed by atoms with Gasteiger partial charge in [0, 0.05) is 0 Å². The molecule has 154 valence electrons. The van der Waals surface area contributed by atoms with E-state index in [1.165, 1.54) is 54.9 Å². The zero-order valence-corrected chi connectivity index (χ0v) is 18.2. The highest BCUT2D eigenvalue weighted by molar-refractivity contribution is 6.16. The molecule has 0 spiro atoms. The van der Waals surface area contributed by atoms with Crippen LogP contribution in [0.5, 0.6) is 0 Å². The quantitative estimate of drug-likeness (QED) is 0.247. The number of hydrogen-bond acceptors (Lipinski definition) is 0. The lowest BCUT2D eigenvalue weighted by Crippen LogP contribution is -2.33. The molecule has 0 atom stereocenters. The van der Waals surface area contributed by atoms with Crippen LogP contribution < -0.4 is 0 Å². The van der Waals surface area contributed by atoms with Crippen LogP contribution in [0.15, 0.2) is 133 Å². The van der Waals surface area contributed by atoms with Gasteiger partial charge in [-0.3, -0.25) is 0 Å². The number of rotatable bonds is 2. The molecule has 1 aliphatic carbocycles. The van der Waals surface area contributed by atoms with Gasteiger partial charge in [0.15, 0.2) is 0 Å². The van der Waals surface area contributed by atoms with Crippen molar-refractivity contribution < 1.29 is 0 Å². The van der Waals surface area contributed by atoms with Crippen LogP contribution in [0.1, 0.15) is 22.3 Å². The second kappa shape index (κ2) is 6.92. The molecule has 0 heterocycles. The van der Waals surface area contributed by atoms with E-state index in [0.29, 0.717) is 0 Å². The van der Waals surface area contributed by atoms with Crippen LogP contribution in [-0.4, -0.2) is 0 Å². The predicted octanol–water partition coefficient (Wildman–Crippen LogP) is 8.36. The Bertz CT molecular complexity index is 1600. The van der Waals surface area contributed by atoms with E-state index in [-0.39, 0.29) is 5.41 Å². The van der Waals surface area contributed by atoms with E-state index in [1.807, 2.05) is 0 Å². The van der Waals surface area contributed by atoms with Crippen molar-refractivity contribution in [2.75, 3.05) is 0 Å². The fourth-order valence-corrected chi connectivity index (χ4v) is 6.05. The fourth-order valence-electron chi connectivity index (χ4n) is 6.05. The summed E-state index contributed by atoms with van der Waals surface area (Å²) >= 11 is 0. The molecule has 0 unspecified atom stereocenters. The molecule has 7 rings (SSSR count). The molecule has 0 aliphatic heterocycles. The Labute approximate surface area is 193 Å². The average molecular weight is 419 g/mol. The van der Waals surface area contributed by atoms with Crippen molar-refractivity contribution in [2.24, 2.45) is 0 Å². The lowest BCUT2D eigenvalue weighted by Gasteiger charge is -2.42. The summed E-state index contributed by atoms with van der Waals surface area (Å²) < 4.78 is 0. The number of fused-ring (bicyclic) bond motifs is 4. The first-order valence-electron chi connectivity index (χ1n) is 11.5. The first-order chi connectivity index (χ1) is 16.4.